The van der Waals surface area contributed by atoms with Crippen molar-refractivity contribution in [2.75, 3.05) is 0 Å². The predicted octanol–water partition coefficient (Wildman–Crippen LogP) is 3.16. The lowest BCUT2D eigenvalue weighted by atomic mass is 9.97. The minimum absolute atomic E-state index is 0.246. The monoisotopic (exact) mass is 276 g/mol. The van der Waals surface area contributed by atoms with Gasteiger partial charge in [-0.25, -0.2) is 0 Å². The molecule has 3 nitrogen and oxygen atoms in total. The third-order valence-electron chi connectivity index (χ3n) is 1.76. The molecule has 0 atom stereocenters. The Morgan fingerprint density at radius 3 is 1.62 bits per heavy atom. The summed E-state index contributed by atoms with van der Waals surface area (Å²) in [7, 11) is -5.02. The quantitative estimate of drug-likeness (QED) is 0.670. The van der Waals surface area contributed by atoms with Crippen LogP contribution in [0.15, 0.2) is 0 Å². The highest BCUT2D eigenvalue weighted by Crippen LogP contribution is 2.14. The predicted molar refractivity (Wildman–Crippen MR) is 76.3 cm³/mol. The van der Waals surface area contributed by atoms with E-state index >= 15 is 0 Å². The molecule has 7 heteroatoms. The highest BCUT2D eigenvalue weighted by molar-refractivity contribution is 6.83. The van der Waals surface area contributed by atoms with Gasteiger partial charge in [-0.1, -0.05) is 6.92 Å². The molecular weight excluding hydrogens is 251 g/mol. The third kappa shape index (κ3) is 9.65. The number of hydrogen-bond donors (Lipinski definition) is 0. The summed E-state index contributed by atoms with van der Waals surface area (Å²) in [5.74, 6) is 0.579. The topological polar surface area (TPSA) is 35.5 Å². The van der Waals surface area contributed by atoms with Gasteiger partial charge in [-0.2, -0.15) is 0 Å². The molecule has 0 spiro atoms. The highest BCUT2D eigenvalue weighted by atomic mass is 28.4. The van der Waals surface area contributed by atoms with E-state index in [2.05, 4.69) is 39.3 Å². The van der Waals surface area contributed by atoms with Crippen LogP contribution >= 0.6 is 0 Å². The smallest absolute Gasteiger partial charge is 0.439 e. The molecule has 0 saturated carbocycles. The van der Waals surface area contributed by atoms with E-state index in [1.807, 2.05) is 6.92 Å². The lowest BCUT2D eigenvalue weighted by molar-refractivity contribution is 0.423. The Hall–Kier alpha value is 0.436. The van der Waals surface area contributed by atoms with Crippen LogP contribution in [0, 0.1) is 0 Å². The van der Waals surface area contributed by atoms with E-state index in [9.17, 15) is 4.46 Å². The average molecular weight is 276 g/mol. The van der Waals surface area contributed by atoms with E-state index in [1.54, 1.807) is 0 Å². The van der Waals surface area contributed by atoms with Gasteiger partial charge in [0.2, 0.25) is 0 Å². The summed E-state index contributed by atoms with van der Waals surface area (Å²) in [6.45, 7) is 14.8. The van der Waals surface area contributed by atoms with Gasteiger partial charge >= 0.3 is 7.12 Å². The van der Waals surface area contributed by atoms with Gasteiger partial charge in [0.25, 0.3) is 8.68 Å². The fourth-order valence-electron chi connectivity index (χ4n) is 1.23. The third-order valence-corrected chi connectivity index (χ3v) is 5.28. The van der Waals surface area contributed by atoms with Crippen LogP contribution in [0.1, 0.15) is 6.92 Å². The van der Waals surface area contributed by atoms with E-state index in [1.165, 1.54) is 0 Å². The molecule has 94 valence electrons. The SMILES string of the molecule is CC[Si](=O)CB(O[Si](C)(C)C)O[Si](C)(C)C. The maximum absolute atomic E-state index is 11.6. The minimum atomic E-state index is -1.63. The van der Waals surface area contributed by atoms with Gasteiger partial charge in [-0.05, 0) is 45.3 Å². The molecule has 0 aliphatic rings. The van der Waals surface area contributed by atoms with Gasteiger partial charge < -0.3 is 13.1 Å². The van der Waals surface area contributed by atoms with Crippen LogP contribution in [0.2, 0.25) is 51.3 Å². The van der Waals surface area contributed by atoms with Crippen molar-refractivity contribution in [2.24, 2.45) is 0 Å². The molecule has 0 aliphatic heterocycles. The van der Waals surface area contributed by atoms with Crippen LogP contribution in [0.25, 0.3) is 0 Å². The van der Waals surface area contributed by atoms with Crippen LogP contribution in [0.4, 0.5) is 0 Å². The Balaban J connectivity index is 4.45. The van der Waals surface area contributed by atoms with Gasteiger partial charge in [-0.15, -0.1) is 0 Å². The van der Waals surface area contributed by atoms with E-state index in [0.29, 0.717) is 5.94 Å². The molecule has 0 aromatic carbocycles. The molecule has 16 heavy (non-hydrogen) atoms. The second kappa shape index (κ2) is 6.39. The second-order valence-corrected chi connectivity index (χ2v) is 17.1. The Bertz CT molecular complexity index is 219. The van der Waals surface area contributed by atoms with Crippen LogP contribution in [-0.2, 0) is 13.1 Å². The second-order valence-electron chi connectivity index (χ2n) is 5.99. The Morgan fingerprint density at radius 2 is 1.38 bits per heavy atom. The fraction of sp³-hybridized carbons (Fsp3) is 1.00. The molecule has 0 radical (unpaired) electrons. The van der Waals surface area contributed by atoms with Crippen molar-refractivity contribution in [1.29, 1.82) is 0 Å². The van der Waals surface area contributed by atoms with Gasteiger partial charge in [-0.3, -0.25) is 0 Å². The first-order valence-electron chi connectivity index (χ1n) is 5.91. The molecule has 0 heterocycles. The lowest BCUT2D eigenvalue weighted by Gasteiger charge is -2.28. The number of hydrogen-bond acceptors (Lipinski definition) is 3. The van der Waals surface area contributed by atoms with Crippen molar-refractivity contribution in [3.8, 4) is 0 Å². The lowest BCUT2D eigenvalue weighted by Crippen LogP contribution is -2.44. The summed E-state index contributed by atoms with van der Waals surface area (Å²) in [6.07, 6.45) is 0. The zero-order chi connectivity index (χ0) is 13.0. The standard InChI is InChI=1S/C9H25BO3Si3/c1-8-14(11)9-10(12-15(2,3)4)13-16(5,6)7/h8-9H2,1-7H3. The van der Waals surface area contributed by atoms with E-state index in [-0.39, 0.29) is 7.12 Å². The fourth-order valence-corrected chi connectivity index (χ4v) is 4.32. The first-order chi connectivity index (χ1) is 7.03. The highest BCUT2D eigenvalue weighted by Gasteiger charge is 2.32. The molecule has 0 saturated heterocycles. The van der Waals surface area contributed by atoms with Gasteiger partial charge in [0.1, 0.15) is 0 Å². The van der Waals surface area contributed by atoms with Crippen molar-refractivity contribution in [1.82, 2.24) is 0 Å². The van der Waals surface area contributed by atoms with Crippen LogP contribution < -0.4 is 0 Å². The summed E-state index contributed by atoms with van der Waals surface area (Å²) in [5.41, 5.74) is 0. The maximum atomic E-state index is 11.6. The Labute approximate surface area is 104 Å². The van der Waals surface area contributed by atoms with Crippen molar-refractivity contribution in [2.45, 2.75) is 58.2 Å². The zero-order valence-corrected chi connectivity index (χ0v) is 14.7. The molecule has 0 aromatic heterocycles. The molecule has 0 amide bonds. The molecule has 0 unspecified atom stereocenters. The zero-order valence-electron chi connectivity index (χ0n) is 11.7. The van der Waals surface area contributed by atoms with Crippen molar-refractivity contribution >= 4 is 32.4 Å². The first kappa shape index (κ1) is 16.4. The first-order valence-corrected chi connectivity index (χ1v) is 14.5. The molecule has 0 rings (SSSR count). The van der Waals surface area contributed by atoms with Gasteiger partial charge in [0, 0.05) is 5.94 Å². The van der Waals surface area contributed by atoms with E-state index < -0.39 is 25.3 Å². The van der Waals surface area contributed by atoms with E-state index in [4.69, 9.17) is 8.69 Å². The van der Waals surface area contributed by atoms with Crippen LogP contribution in [0.3, 0.4) is 0 Å². The average Bonchev–Trinajstić information content (AvgIpc) is 1.97. The molecule has 0 aliphatic carbocycles. The van der Waals surface area contributed by atoms with Crippen molar-refractivity contribution in [3.05, 3.63) is 0 Å². The summed E-state index contributed by atoms with van der Waals surface area (Å²) >= 11 is 0. The van der Waals surface area contributed by atoms with Crippen molar-refractivity contribution in [3.63, 3.8) is 0 Å². The summed E-state index contributed by atoms with van der Waals surface area (Å²) < 4.78 is 23.6. The Morgan fingerprint density at radius 1 is 1.00 bits per heavy atom. The van der Waals surface area contributed by atoms with Crippen LogP contribution in [0.5, 0.6) is 0 Å². The maximum Gasteiger partial charge on any atom is 0.439 e. The summed E-state index contributed by atoms with van der Waals surface area (Å²) in [4.78, 5) is 0. The molecule has 0 aromatic rings. The Kier molecular flexibility index (Phi) is 6.56. The van der Waals surface area contributed by atoms with Gasteiger partial charge in [0.15, 0.2) is 16.6 Å². The summed E-state index contributed by atoms with van der Waals surface area (Å²) in [6, 6.07) is 0.741. The van der Waals surface area contributed by atoms with Crippen molar-refractivity contribution < 1.29 is 13.1 Å². The summed E-state index contributed by atoms with van der Waals surface area (Å²) in [5, 5.41) is 0. The molecular formula is C9H25BO3Si3. The minimum Gasteiger partial charge on any atom is -0.454 e. The van der Waals surface area contributed by atoms with E-state index in [0.717, 1.165) is 6.04 Å². The largest absolute Gasteiger partial charge is 0.454 e. The normalized spacial score (nSPS) is 12.7. The molecule has 0 fully saturated rings. The molecule has 0 N–H and O–H groups in total. The van der Waals surface area contributed by atoms with Gasteiger partial charge in [0.05, 0.1) is 0 Å². The van der Waals surface area contributed by atoms with Crippen LogP contribution in [-0.4, -0.2) is 32.4 Å². The number of rotatable bonds is 7. The molecule has 0 bridgehead atoms.